The van der Waals surface area contributed by atoms with Gasteiger partial charge < -0.3 is 5.32 Å². The predicted octanol–water partition coefficient (Wildman–Crippen LogP) is 2.99. The Bertz CT molecular complexity index is 570. The van der Waals surface area contributed by atoms with Crippen molar-refractivity contribution in [2.75, 3.05) is 0 Å². The van der Waals surface area contributed by atoms with Crippen molar-refractivity contribution in [3.63, 3.8) is 0 Å². The van der Waals surface area contributed by atoms with E-state index in [9.17, 15) is 4.79 Å². The standard InChI is InChI=1S/C12H12ClN3OS/c1-7-6-15-12(18-7)8(2)16-11(17)9-3-4-14-10(13)5-9/h3-6,8H,1-2H3,(H,16,17). The number of hydrogen-bond donors (Lipinski definition) is 1. The third-order valence-electron chi connectivity index (χ3n) is 2.35. The molecular formula is C12H12ClN3OS. The fourth-order valence-corrected chi connectivity index (χ4v) is 2.41. The fraction of sp³-hybridized carbons (Fsp3) is 0.250. The van der Waals surface area contributed by atoms with E-state index in [4.69, 9.17) is 11.6 Å². The molecule has 0 aliphatic carbocycles. The lowest BCUT2D eigenvalue weighted by atomic mass is 10.2. The monoisotopic (exact) mass is 281 g/mol. The van der Waals surface area contributed by atoms with Crippen molar-refractivity contribution in [2.24, 2.45) is 0 Å². The maximum Gasteiger partial charge on any atom is 0.251 e. The van der Waals surface area contributed by atoms with Gasteiger partial charge in [-0.05, 0) is 26.0 Å². The van der Waals surface area contributed by atoms with Crippen molar-refractivity contribution in [3.8, 4) is 0 Å². The lowest BCUT2D eigenvalue weighted by Gasteiger charge is -2.11. The molecule has 0 saturated carbocycles. The van der Waals surface area contributed by atoms with Crippen molar-refractivity contribution < 1.29 is 4.79 Å². The summed E-state index contributed by atoms with van der Waals surface area (Å²) in [5.41, 5.74) is 0.495. The van der Waals surface area contributed by atoms with E-state index >= 15 is 0 Å². The molecule has 2 heterocycles. The molecule has 0 aliphatic heterocycles. The van der Waals surface area contributed by atoms with Crippen LogP contribution in [-0.2, 0) is 0 Å². The molecule has 2 aromatic rings. The zero-order chi connectivity index (χ0) is 13.1. The van der Waals surface area contributed by atoms with Gasteiger partial charge in [0.15, 0.2) is 0 Å². The number of aryl methyl sites for hydroxylation is 1. The first-order valence-corrected chi connectivity index (χ1v) is 6.60. The van der Waals surface area contributed by atoms with E-state index < -0.39 is 0 Å². The van der Waals surface area contributed by atoms with Gasteiger partial charge in [0.25, 0.3) is 5.91 Å². The number of hydrogen-bond acceptors (Lipinski definition) is 4. The summed E-state index contributed by atoms with van der Waals surface area (Å²) in [6, 6.07) is 3.04. The van der Waals surface area contributed by atoms with E-state index in [1.54, 1.807) is 23.6 Å². The third-order valence-corrected chi connectivity index (χ3v) is 3.65. The second kappa shape index (κ2) is 5.46. The fourth-order valence-electron chi connectivity index (χ4n) is 1.46. The Balaban J connectivity index is 2.08. The Morgan fingerprint density at radius 2 is 2.28 bits per heavy atom. The number of amides is 1. The average molecular weight is 282 g/mol. The van der Waals surface area contributed by atoms with Crippen LogP contribution >= 0.6 is 22.9 Å². The zero-order valence-electron chi connectivity index (χ0n) is 9.98. The first kappa shape index (κ1) is 13.0. The summed E-state index contributed by atoms with van der Waals surface area (Å²) >= 11 is 7.32. The molecule has 1 amide bonds. The van der Waals surface area contributed by atoms with Crippen molar-refractivity contribution in [1.29, 1.82) is 0 Å². The number of thiazole rings is 1. The summed E-state index contributed by atoms with van der Waals surface area (Å²) in [5.74, 6) is -0.181. The molecule has 0 fully saturated rings. The minimum atomic E-state index is -0.181. The van der Waals surface area contributed by atoms with Crippen LogP contribution in [0.25, 0.3) is 0 Å². The molecule has 0 spiro atoms. The topological polar surface area (TPSA) is 54.9 Å². The van der Waals surface area contributed by atoms with Crippen LogP contribution in [0, 0.1) is 6.92 Å². The number of rotatable bonds is 3. The zero-order valence-corrected chi connectivity index (χ0v) is 11.5. The van der Waals surface area contributed by atoms with Gasteiger partial charge in [-0.3, -0.25) is 4.79 Å². The minimum Gasteiger partial charge on any atom is -0.343 e. The molecule has 1 N–H and O–H groups in total. The molecule has 4 nitrogen and oxygen atoms in total. The summed E-state index contributed by atoms with van der Waals surface area (Å²) in [4.78, 5) is 21.2. The Labute approximate surface area is 114 Å². The maximum atomic E-state index is 12.0. The Kier molecular flexibility index (Phi) is 3.93. The van der Waals surface area contributed by atoms with E-state index in [1.165, 1.54) is 12.3 Å². The van der Waals surface area contributed by atoms with E-state index in [0.717, 1.165) is 9.88 Å². The Morgan fingerprint density at radius 1 is 1.50 bits per heavy atom. The van der Waals surface area contributed by atoms with Gasteiger partial charge in [-0.2, -0.15) is 0 Å². The van der Waals surface area contributed by atoms with Crippen LogP contribution in [0.4, 0.5) is 0 Å². The van der Waals surface area contributed by atoms with Gasteiger partial charge in [0.2, 0.25) is 0 Å². The molecule has 18 heavy (non-hydrogen) atoms. The van der Waals surface area contributed by atoms with Gasteiger partial charge >= 0.3 is 0 Å². The van der Waals surface area contributed by atoms with E-state index in [-0.39, 0.29) is 11.9 Å². The smallest absolute Gasteiger partial charge is 0.251 e. The molecule has 94 valence electrons. The Hall–Kier alpha value is -1.46. The van der Waals surface area contributed by atoms with Crippen LogP contribution in [0.2, 0.25) is 5.15 Å². The van der Waals surface area contributed by atoms with Gasteiger partial charge in [0.05, 0.1) is 6.04 Å². The predicted molar refractivity (Wildman–Crippen MR) is 72.0 cm³/mol. The number of carbonyl (C=O) groups is 1. The highest BCUT2D eigenvalue weighted by atomic mass is 35.5. The van der Waals surface area contributed by atoms with Crippen LogP contribution < -0.4 is 5.32 Å². The van der Waals surface area contributed by atoms with Gasteiger partial charge in [0, 0.05) is 22.8 Å². The molecule has 6 heteroatoms. The second-order valence-corrected chi connectivity index (χ2v) is 5.53. The largest absolute Gasteiger partial charge is 0.343 e. The number of nitrogens with one attached hydrogen (secondary N) is 1. The van der Waals surface area contributed by atoms with Crippen LogP contribution in [-0.4, -0.2) is 15.9 Å². The highest BCUT2D eigenvalue weighted by Crippen LogP contribution is 2.19. The number of halogens is 1. The Morgan fingerprint density at radius 3 is 2.89 bits per heavy atom. The van der Waals surface area contributed by atoms with Crippen LogP contribution in [0.5, 0.6) is 0 Å². The second-order valence-electron chi connectivity index (χ2n) is 3.87. The van der Waals surface area contributed by atoms with E-state index in [2.05, 4.69) is 15.3 Å². The molecule has 2 rings (SSSR count). The molecule has 0 aliphatic rings. The van der Waals surface area contributed by atoms with Crippen LogP contribution in [0.3, 0.4) is 0 Å². The molecule has 2 aromatic heterocycles. The summed E-state index contributed by atoms with van der Waals surface area (Å²) < 4.78 is 0. The van der Waals surface area contributed by atoms with Gasteiger partial charge in [-0.15, -0.1) is 11.3 Å². The van der Waals surface area contributed by atoms with Gasteiger partial charge in [-0.25, -0.2) is 9.97 Å². The lowest BCUT2D eigenvalue weighted by molar-refractivity contribution is 0.0939. The van der Waals surface area contributed by atoms with E-state index in [1.807, 2.05) is 13.8 Å². The minimum absolute atomic E-state index is 0.122. The van der Waals surface area contributed by atoms with Crippen LogP contribution in [0.15, 0.2) is 24.5 Å². The van der Waals surface area contributed by atoms with Crippen molar-refractivity contribution in [3.05, 3.63) is 45.1 Å². The van der Waals surface area contributed by atoms with Gasteiger partial charge in [0.1, 0.15) is 10.2 Å². The summed E-state index contributed by atoms with van der Waals surface area (Å²) in [5, 5.41) is 4.07. The van der Waals surface area contributed by atoms with Crippen molar-refractivity contribution in [1.82, 2.24) is 15.3 Å². The molecular weight excluding hydrogens is 270 g/mol. The van der Waals surface area contributed by atoms with Crippen molar-refractivity contribution >= 4 is 28.8 Å². The van der Waals surface area contributed by atoms with Gasteiger partial charge in [-0.1, -0.05) is 11.6 Å². The first-order chi connectivity index (χ1) is 8.56. The quantitative estimate of drug-likeness (QED) is 0.880. The molecule has 0 saturated heterocycles. The highest BCUT2D eigenvalue weighted by molar-refractivity contribution is 7.11. The number of nitrogens with zero attached hydrogens (tertiary/aromatic N) is 2. The maximum absolute atomic E-state index is 12.0. The SMILES string of the molecule is Cc1cnc(C(C)NC(=O)c2ccnc(Cl)c2)s1. The van der Waals surface area contributed by atoms with E-state index in [0.29, 0.717) is 10.7 Å². The molecule has 0 aromatic carbocycles. The summed E-state index contributed by atoms with van der Waals surface area (Å²) in [6.45, 7) is 3.89. The number of pyridine rings is 1. The average Bonchev–Trinajstić information content (AvgIpc) is 2.76. The lowest BCUT2D eigenvalue weighted by Crippen LogP contribution is -2.26. The summed E-state index contributed by atoms with van der Waals surface area (Å²) in [7, 11) is 0. The van der Waals surface area contributed by atoms with Crippen molar-refractivity contribution in [2.45, 2.75) is 19.9 Å². The third kappa shape index (κ3) is 3.05. The molecule has 1 atom stereocenters. The number of carbonyl (C=O) groups excluding carboxylic acids is 1. The summed E-state index contributed by atoms with van der Waals surface area (Å²) in [6.07, 6.45) is 3.31. The van der Waals surface area contributed by atoms with Crippen LogP contribution in [0.1, 0.15) is 33.2 Å². The molecule has 0 bridgehead atoms. The highest BCUT2D eigenvalue weighted by Gasteiger charge is 2.14. The molecule has 1 unspecified atom stereocenters. The number of aromatic nitrogens is 2. The molecule has 0 radical (unpaired) electrons. The first-order valence-electron chi connectivity index (χ1n) is 5.41. The normalized spacial score (nSPS) is 12.2.